The lowest BCUT2D eigenvalue weighted by Gasteiger charge is -2.35. The Hall–Kier alpha value is -1.30. The second kappa shape index (κ2) is 6.64. The van der Waals surface area contributed by atoms with E-state index in [0.717, 1.165) is 19.3 Å². The number of likely N-dealkylation sites (tertiary alicyclic amines) is 1. The van der Waals surface area contributed by atoms with Gasteiger partial charge in [0, 0.05) is 26.2 Å². The molecule has 0 bridgehead atoms. The number of hydrogen-bond donors (Lipinski definition) is 1. The van der Waals surface area contributed by atoms with Gasteiger partial charge in [0.15, 0.2) is 0 Å². The standard InChI is InChI=1S/C15H26N2O4/c1-10-6-7-17(13(10)14(18)19)15(20)16(8-9-21-3)11(2)12-4-5-12/h10-13H,4-9H2,1-3H3,(H,18,19). The molecule has 0 spiro atoms. The minimum atomic E-state index is -0.904. The first-order valence-corrected chi connectivity index (χ1v) is 7.76. The molecular weight excluding hydrogens is 272 g/mol. The van der Waals surface area contributed by atoms with Crippen molar-refractivity contribution in [2.75, 3.05) is 26.8 Å². The fourth-order valence-electron chi connectivity index (χ4n) is 3.20. The van der Waals surface area contributed by atoms with E-state index in [1.54, 1.807) is 12.0 Å². The summed E-state index contributed by atoms with van der Waals surface area (Å²) in [6.45, 7) is 5.47. The van der Waals surface area contributed by atoms with Crippen molar-refractivity contribution in [1.29, 1.82) is 0 Å². The molecule has 3 unspecified atom stereocenters. The topological polar surface area (TPSA) is 70.1 Å². The molecule has 2 aliphatic rings. The van der Waals surface area contributed by atoms with Crippen molar-refractivity contribution >= 4 is 12.0 Å². The van der Waals surface area contributed by atoms with Gasteiger partial charge in [-0.25, -0.2) is 9.59 Å². The van der Waals surface area contributed by atoms with E-state index in [1.807, 2.05) is 6.92 Å². The van der Waals surface area contributed by atoms with Crippen LogP contribution in [-0.2, 0) is 9.53 Å². The molecule has 120 valence electrons. The monoisotopic (exact) mass is 298 g/mol. The number of carbonyl (C=O) groups excluding carboxylic acids is 1. The van der Waals surface area contributed by atoms with Crippen molar-refractivity contribution in [2.45, 2.75) is 45.2 Å². The van der Waals surface area contributed by atoms with Crippen LogP contribution in [-0.4, -0.2) is 65.8 Å². The van der Waals surface area contributed by atoms with Crippen molar-refractivity contribution in [3.05, 3.63) is 0 Å². The SMILES string of the molecule is COCCN(C(=O)N1CCC(C)C1C(=O)O)C(C)C1CC1. The molecule has 6 heteroatoms. The number of rotatable bonds is 6. The first-order chi connectivity index (χ1) is 9.97. The van der Waals surface area contributed by atoms with Crippen molar-refractivity contribution in [1.82, 2.24) is 9.80 Å². The van der Waals surface area contributed by atoms with E-state index >= 15 is 0 Å². The summed E-state index contributed by atoms with van der Waals surface area (Å²) in [6.07, 6.45) is 3.05. The maximum atomic E-state index is 12.8. The van der Waals surface area contributed by atoms with Gasteiger partial charge in [-0.3, -0.25) is 0 Å². The lowest BCUT2D eigenvalue weighted by Crippen LogP contribution is -2.53. The molecule has 1 saturated heterocycles. The second-order valence-electron chi connectivity index (χ2n) is 6.29. The number of nitrogens with zero attached hydrogens (tertiary/aromatic N) is 2. The molecule has 1 heterocycles. The Morgan fingerprint density at radius 1 is 1.38 bits per heavy atom. The van der Waals surface area contributed by atoms with Crippen LogP contribution in [0.5, 0.6) is 0 Å². The van der Waals surface area contributed by atoms with Crippen LogP contribution < -0.4 is 0 Å². The number of urea groups is 1. The van der Waals surface area contributed by atoms with Gasteiger partial charge in [-0.1, -0.05) is 6.92 Å². The predicted molar refractivity (Wildman–Crippen MR) is 78.1 cm³/mol. The number of aliphatic carboxylic acids is 1. The van der Waals surface area contributed by atoms with E-state index in [0.29, 0.717) is 25.6 Å². The Kier molecular flexibility index (Phi) is 5.08. The molecule has 1 saturated carbocycles. The molecule has 0 aromatic heterocycles. The van der Waals surface area contributed by atoms with Gasteiger partial charge in [0.2, 0.25) is 0 Å². The Morgan fingerprint density at radius 2 is 2.05 bits per heavy atom. The van der Waals surface area contributed by atoms with Crippen LogP contribution in [0.2, 0.25) is 0 Å². The van der Waals surface area contributed by atoms with Gasteiger partial charge in [-0.2, -0.15) is 0 Å². The van der Waals surface area contributed by atoms with Crippen LogP contribution >= 0.6 is 0 Å². The zero-order valence-electron chi connectivity index (χ0n) is 13.1. The summed E-state index contributed by atoms with van der Waals surface area (Å²) < 4.78 is 5.10. The Morgan fingerprint density at radius 3 is 2.57 bits per heavy atom. The molecule has 0 aromatic rings. The molecule has 2 fully saturated rings. The Labute approximate surface area is 126 Å². The lowest BCUT2D eigenvalue weighted by molar-refractivity contribution is -0.142. The average Bonchev–Trinajstić information content (AvgIpc) is 3.21. The maximum absolute atomic E-state index is 12.8. The summed E-state index contributed by atoms with van der Waals surface area (Å²) in [6, 6.07) is -0.699. The zero-order chi connectivity index (χ0) is 15.6. The normalized spacial score (nSPS) is 26.7. The van der Waals surface area contributed by atoms with Crippen LogP contribution in [0.3, 0.4) is 0 Å². The molecule has 0 aromatic carbocycles. The third kappa shape index (κ3) is 3.48. The summed E-state index contributed by atoms with van der Waals surface area (Å²) in [4.78, 5) is 27.6. The van der Waals surface area contributed by atoms with E-state index in [2.05, 4.69) is 6.92 Å². The van der Waals surface area contributed by atoms with Gasteiger partial charge in [0.1, 0.15) is 6.04 Å². The molecule has 6 nitrogen and oxygen atoms in total. The predicted octanol–water partition coefficient (Wildman–Crippen LogP) is 1.65. The van der Waals surface area contributed by atoms with Crippen LogP contribution in [0.25, 0.3) is 0 Å². The highest BCUT2D eigenvalue weighted by molar-refractivity contribution is 5.83. The van der Waals surface area contributed by atoms with Crippen LogP contribution in [0.4, 0.5) is 4.79 Å². The number of methoxy groups -OCH3 is 1. The molecule has 0 radical (unpaired) electrons. The number of hydrogen-bond acceptors (Lipinski definition) is 3. The first kappa shape index (κ1) is 16.1. The third-order valence-electron chi connectivity index (χ3n) is 4.78. The fourth-order valence-corrected chi connectivity index (χ4v) is 3.20. The molecule has 3 atom stereocenters. The third-order valence-corrected chi connectivity index (χ3v) is 4.78. The fraction of sp³-hybridized carbons (Fsp3) is 0.867. The molecular formula is C15H26N2O4. The molecule has 1 N–H and O–H groups in total. The number of carboxylic acid groups (broad SMARTS) is 1. The highest BCUT2D eigenvalue weighted by Crippen LogP contribution is 2.36. The maximum Gasteiger partial charge on any atom is 0.326 e. The Balaban J connectivity index is 2.10. The van der Waals surface area contributed by atoms with Crippen molar-refractivity contribution in [3.8, 4) is 0 Å². The largest absolute Gasteiger partial charge is 0.480 e. The highest BCUT2D eigenvalue weighted by Gasteiger charge is 2.43. The van der Waals surface area contributed by atoms with Gasteiger partial charge in [0.25, 0.3) is 0 Å². The molecule has 1 aliphatic heterocycles. The van der Waals surface area contributed by atoms with Gasteiger partial charge >= 0.3 is 12.0 Å². The van der Waals surface area contributed by atoms with Crippen molar-refractivity contribution in [2.24, 2.45) is 11.8 Å². The number of carbonyl (C=O) groups is 2. The first-order valence-electron chi connectivity index (χ1n) is 7.76. The van der Waals surface area contributed by atoms with Crippen LogP contribution in [0.15, 0.2) is 0 Å². The summed E-state index contributed by atoms with van der Waals surface area (Å²) in [5, 5.41) is 9.38. The van der Waals surface area contributed by atoms with E-state index in [-0.39, 0.29) is 18.0 Å². The van der Waals surface area contributed by atoms with E-state index < -0.39 is 12.0 Å². The smallest absolute Gasteiger partial charge is 0.326 e. The van der Waals surface area contributed by atoms with Crippen LogP contribution in [0.1, 0.15) is 33.1 Å². The number of carboxylic acids is 1. The highest BCUT2D eigenvalue weighted by atomic mass is 16.5. The summed E-state index contributed by atoms with van der Waals surface area (Å²) in [5.74, 6) is -0.347. The summed E-state index contributed by atoms with van der Waals surface area (Å²) in [5.41, 5.74) is 0. The average molecular weight is 298 g/mol. The molecule has 2 amide bonds. The molecule has 21 heavy (non-hydrogen) atoms. The van der Waals surface area contributed by atoms with Gasteiger partial charge in [-0.15, -0.1) is 0 Å². The lowest BCUT2D eigenvalue weighted by atomic mass is 10.0. The molecule has 2 rings (SSSR count). The quantitative estimate of drug-likeness (QED) is 0.809. The summed E-state index contributed by atoms with van der Waals surface area (Å²) in [7, 11) is 1.61. The molecule has 1 aliphatic carbocycles. The zero-order valence-corrected chi connectivity index (χ0v) is 13.1. The van der Waals surface area contributed by atoms with Gasteiger partial charge < -0.3 is 19.6 Å². The van der Waals surface area contributed by atoms with E-state index in [1.165, 1.54) is 4.90 Å². The number of amides is 2. The minimum absolute atomic E-state index is 0.00644. The van der Waals surface area contributed by atoms with Gasteiger partial charge in [-0.05, 0) is 38.0 Å². The Bertz CT molecular complexity index is 397. The van der Waals surface area contributed by atoms with E-state index in [4.69, 9.17) is 4.74 Å². The van der Waals surface area contributed by atoms with E-state index in [9.17, 15) is 14.7 Å². The van der Waals surface area contributed by atoms with Crippen LogP contribution in [0, 0.1) is 11.8 Å². The summed E-state index contributed by atoms with van der Waals surface area (Å²) >= 11 is 0. The number of ether oxygens (including phenoxy) is 1. The second-order valence-corrected chi connectivity index (χ2v) is 6.29. The van der Waals surface area contributed by atoms with Crippen molar-refractivity contribution in [3.63, 3.8) is 0 Å². The minimum Gasteiger partial charge on any atom is -0.480 e. The van der Waals surface area contributed by atoms with Crippen molar-refractivity contribution < 1.29 is 19.4 Å². The van der Waals surface area contributed by atoms with Gasteiger partial charge in [0.05, 0.1) is 6.61 Å².